The Morgan fingerprint density at radius 1 is 1.31 bits per heavy atom. The van der Waals surface area contributed by atoms with Crippen LogP contribution in [0.4, 0.5) is 5.69 Å². The molecule has 0 aromatic heterocycles. The molecule has 16 heavy (non-hydrogen) atoms. The highest BCUT2D eigenvalue weighted by atomic mass is 16.1. The Hall–Kier alpha value is -1.31. The Bertz CT molecular complexity index is 335. The SMILES string of the molecule is CCC(C)CN(CC)c1ccccc1C=O. The summed E-state index contributed by atoms with van der Waals surface area (Å²) >= 11 is 0. The summed E-state index contributed by atoms with van der Waals surface area (Å²) in [7, 11) is 0. The van der Waals surface area contributed by atoms with Crippen LogP contribution in [0.5, 0.6) is 0 Å². The van der Waals surface area contributed by atoms with Crippen molar-refractivity contribution in [1.82, 2.24) is 0 Å². The number of carbonyl (C=O) groups excluding carboxylic acids is 1. The van der Waals surface area contributed by atoms with Crippen molar-refractivity contribution in [2.75, 3.05) is 18.0 Å². The second kappa shape index (κ2) is 6.31. The maximum atomic E-state index is 11.0. The third-order valence-electron chi connectivity index (χ3n) is 3.02. The first kappa shape index (κ1) is 12.8. The predicted octanol–water partition coefficient (Wildman–Crippen LogP) is 3.37. The van der Waals surface area contributed by atoms with Crippen LogP contribution in [-0.4, -0.2) is 19.4 Å². The molecule has 0 N–H and O–H groups in total. The summed E-state index contributed by atoms with van der Waals surface area (Å²) < 4.78 is 0. The molecule has 2 heteroatoms. The Labute approximate surface area is 98.3 Å². The molecule has 0 aliphatic carbocycles. The maximum Gasteiger partial charge on any atom is 0.152 e. The minimum atomic E-state index is 0.652. The van der Waals surface area contributed by atoms with Gasteiger partial charge in [-0.2, -0.15) is 0 Å². The van der Waals surface area contributed by atoms with Crippen molar-refractivity contribution >= 4 is 12.0 Å². The highest BCUT2D eigenvalue weighted by molar-refractivity contribution is 5.84. The highest BCUT2D eigenvalue weighted by Gasteiger charge is 2.11. The lowest BCUT2D eigenvalue weighted by Gasteiger charge is -2.27. The van der Waals surface area contributed by atoms with Crippen LogP contribution in [0.15, 0.2) is 24.3 Å². The van der Waals surface area contributed by atoms with Crippen molar-refractivity contribution in [1.29, 1.82) is 0 Å². The summed E-state index contributed by atoms with van der Waals surface area (Å²) in [4.78, 5) is 13.3. The van der Waals surface area contributed by atoms with E-state index >= 15 is 0 Å². The van der Waals surface area contributed by atoms with Crippen molar-refractivity contribution in [2.45, 2.75) is 27.2 Å². The van der Waals surface area contributed by atoms with Crippen molar-refractivity contribution < 1.29 is 4.79 Å². The molecule has 0 amide bonds. The first-order valence-corrected chi connectivity index (χ1v) is 6.02. The predicted molar refractivity (Wildman–Crippen MR) is 69.2 cm³/mol. The van der Waals surface area contributed by atoms with E-state index in [0.717, 1.165) is 30.6 Å². The molecule has 1 atom stereocenters. The molecule has 0 heterocycles. The fraction of sp³-hybridized carbons (Fsp3) is 0.500. The van der Waals surface area contributed by atoms with E-state index in [1.807, 2.05) is 24.3 Å². The monoisotopic (exact) mass is 219 g/mol. The Morgan fingerprint density at radius 3 is 2.56 bits per heavy atom. The van der Waals surface area contributed by atoms with Gasteiger partial charge in [-0.1, -0.05) is 32.4 Å². The van der Waals surface area contributed by atoms with Gasteiger partial charge in [-0.25, -0.2) is 0 Å². The number of rotatable bonds is 6. The summed E-state index contributed by atoms with van der Waals surface area (Å²) in [5.74, 6) is 0.652. The fourth-order valence-corrected chi connectivity index (χ4v) is 1.78. The van der Waals surface area contributed by atoms with E-state index in [1.54, 1.807) is 0 Å². The topological polar surface area (TPSA) is 20.3 Å². The summed E-state index contributed by atoms with van der Waals surface area (Å²) in [5, 5.41) is 0. The summed E-state index contributed by atoms with van der Waals surface area (Å²) in [6.07, 6.45) is 2.11. The van der Waals surface area contributed by atoms with Crippen LogP contribution < -0.4 is 4.90 Å². The van der Waals surface area contributed by atoms with Crippen molar-refractivity contribution in [2.24, 2.45) is 5.92 Å². The molecule has 0 radical (unpaired) electrons. The van der Waals surface area contributed by atoms with Crippen LogP contribution in [-0.2, 0) is 0 Å². The number of anilines is 1. The van der Waals surface area contributed by atoms with Crippen molar-refractivity contribution in [3.05, 3.63) is 29.8 Å². The summed E-state index contributed by atoms with van der Waals surface area (Å²) in [6.45, 7) is 8.52. The van der Waals surface area contributed by atoms with Crippen LogP contribution >= 0.6 is 0 Å². The molecular formula is C14H21NO. The Balaban J connectivity index is 2.89. The number of benzene rings is 1. The molecule has 0 fully saturated rings. The average molecular weight is 219 g/mol. The molecule has 0 bridgehead atoms. The summed E-state index contributed by atoms with van der Waals surface area (Å²) in [5.41, 5.74) is 1.84. The normalized spacial score (nSPS) is 12.2. The van der Waals surface area contributed by atoms with Crippen LogP contribution in [0.2, 0.25) is 0 Å². The zero-order valence-electron chi connectivity index (χ0n) is 10.4. The minimum absolute atomic E-state index is 0.652. The second-order valence-corrected chi connectivity index (χ2v) is 4.23. The molecule has 1 aromatic carbocycles. The molecule has 0 saturated carbocycles. The lowest BCUT2D eigenvalue weighted by atomic mass is 10.1. The van der Waals surface area contributed by atoms with Gasteiger partial charge in [0.15, 0.2) is 6.29 Å². The molecule has 0 aliphatic rings. The van der Waals surface area contributed by atoms with Gasteiger partial charge in [0.1, 0.15) is 0 Å². The summed E-state index contributed by atoms with van der Waals surface area (Å²) in [6, 6.07) is 7.79. The van der Waals surface area contributed by atoms with Gasteiger partial charge in [-0.3, -0.25) is 4.79 Å². The van der Waals surface area contributed by atoms with Crippen LogP contribution in [0.1, 0.15) is 37.6 Å². The molecule has 1 rings (SSSR count). The number of hydrogen-bond donors (Lipinski definition) is 0. The number of aldehydes is 1. The largest absolute Gasteiger partial charge is 0.371 e. The number of nitrogens with zero attached hydrogens (tertiary/aromatic N) is 1. The fourth-order valence-electron chi connectivity index (χ4n) is 1.78. The second-order valence-electron chi connectivity index (χ2n) is 4.23. The third kappa shape index (κ3) is 3.09. The molecule has 2 nitrogen and oxygen atoms in total. The lowest BCUT2D eigenvalue weighted by Crippen LogP contribution is -2.28. The van der Waals surface area contributed by atoms with Gasteiger partial charge in [-0.05, 0) is 25.0 Å². The van der Waals surface area contributed by atoms with Gasteiger partial charge in [0.05, 0.1) is 0 Å². The van der Waals surface area contributed by atoms with Crippen molar-refractivity contribution in [3.8, 4) is 0 Å². The lowest BCUT2D eigenvalue weighted by molar-refractivity contribution is 0.112. The minimum Gasteiger partial charge on any atom is -0.371 e. The van der Waals surface area contributed by atoms with Gasteiger partial charge in [0.2, 0.25) is 0 Å². The van der Waals surface area contributed by atoms with E-state index in [0.29, 0.717) is 5.92 Å². The van der Waals surface area contributed by atoms with Crippen LogP contribution in [0, 0.1) is 5.92 Å². The average Bonchev–Trinajstić information content (AvgIpc) is 2.35. The quantitative estimate of drug-likeness (QED) is 0.684. The third-order valence-corrected chi connectivity index (χ3v) is 3.02. The first-order valence-electron chi connectivity index (χ1n) is 6.02. The van der Waals surface area contributed by atoms with E-state index in [9.17, 15) is 4.79 Å². The Morgan fingerprint density at radius 2 is 2.00 bits per heavy atom. The number of para-hydroxylation sites is 1. The smallest absolute Gasteiger partial charge is 0.152 e. The zero-order valence-corrected chi connectivity index (χ0v) is 10.4. The van der Waals surface area contributed by atoms with Gasteiger partial charge >= 0.3 is 0 Å². The molecule has 88 valence electrons. The Kier molecular flexibility index (Phi) is 5.03. The molecule has 0 spiro atoms. The molecule has 1 aromatic rings. The van der Waals surface area contributed by atoms with Gasteiger partial charge < -0.3 is 4.90 Å². The van der Waals surface area contributed by atoms with E-state index < -0.39 is 0 Å². The number of hydrogen-bond acceptors (Lipinski definition) is 2. The number of carbonyl (C=O) groups is 1. The molecular weight excluding hydrogens is 198 g/mol. The van der Waals surface area contributed by atoms with Gasteiger partial charge in [0, 0.05) is 24.3 Å². The first-order chi connectivity index (χ1) is 7.72. The highest BCUT2D eigenvalue weighted by Crippen LogP contribution is 2.20. The van der Waals surface area contributed by atoms with Gasteiger partial charge in [-0.15, -0.1) is 0 Å². The standard InChI is InChI=1S/C14H21NO/c1-4-12(3)10-15(5-2)14-9-7-6-8-13(14)11-16/h6-9,11-12H,4-5,10H2,1-3H3. The van der Waals surface area contributed by atoms with Crippen molar-refractivity contribution in [3.63, 3.8) is 0 Å². The van der Waals surface area contributed by atoms with E-state index in [1.165, 1.54) is 6.42 Å². The van der Waals surface area contributed by atoms with E-state index in [-0.39, 0.29) is 0 Å². The molecule has 0 saturated heterocycles. The molecule has 1 unspecified atom stereocenters. The zero-order chi connectivity index (χ0) is 12.0. The molecule has 0 aliphatic heterocycles. The van der Waals surface area contributed by atoms with Crippen LogP contribution in [0.25, 0.3) is 0 Å². The van der Waals surface area contributed by atoms with E-state index in [4.69, 9.17) is 0 Å². The van der Waals surface area contributed by atoms with Gasteiger partial charge in [0.25, 0.3) is 0 Å². The van der Waals surface area contributed by atoms with E-state index in [2.05, 4.69) is 25.7 Å². The van der Waals surface area contributed by atoms with Crippen LogP contribution in [0.3, 0.4) is 0 Å². The maximum absolute atomic E-state index is 11.0.